The Bertz CT molecular complexity index is 661. The molecule has 2 aromatic carbocycles. The van der Waals surface area contributed by atoms with Crippen LogP contribution in [0.2, 0.25) is 0 Å². The van der Waals surface area contributed by atoms with Gasteiger partial charge in [0.2, 0.25) is 5.91 Å². The Balaban J connectivity index is 1.81. The van der Waals surface area contributed by atoms with E-state index in [0.717, 1.165) is 12.1 Å². The van der Waals surface area contributed by atoms with Crippen LogP contribution in [0.25, 0.3) is 0 Å². The number of amides is 1. The highest BCUT2D eigenvalue weighted by atomic mass is 16.5. The van der Waals surface area contributed by atoms with Crippen molar-refractivity contribution in [3.63, 3.8) is 0 Å². The fourth-order valence-corrected chi connectivity index (χ4v) is 2.63. The lowest BCUT2D eigenvalue weighted by Crippen LogP contribution is -2.31. The molecular formula is C21H28N2O3. The third-order valence-corrected chi connectivity index (χ3v) is 3.94. The van der Waals surface area contributed by atoms with Gasteiger partial charge < -0.3 is 20.1 Å². The summed E-state index contributed by atoms with van der Waals surface area (Å²) in [4.78, 5) is 12.2. The molecule has 0 aliphatic heterocycles. The Morgan fingerprint density at radius 2 is 1.85 bits per heavy atom. The molecule has 0 saturated heterocycles. The molecule has 5 heteroatoms. The molecule has 2 aromatic rings. The Morgan fingerprint density at radius 1 is 1.04 bits per heavy atom. The molecular weight excluding hydrogens is 328 g/mol. The van der Waals surface area contributed by atoms with Crippen molar-refractivity contribution in [2.24, 2.45) is 0 Å². The zero-order valence-electron chi connectivity index (χ0n) is 15.5. The first-order chi connectivity index (χ1) is 12.7. The largest absolute Gasteiger partial charge is 0.491 e. The number of hydrogen-bond acceptors (Lipinski definition) is 4. The number of hydrogen-bond donors (Lipinski definition) is 2. The van der Waals surface area contributed by atoms with Crippen LogP contribution in [0.1, 0.15) is 31.9 Å². The fraction of sp³-hybridized carbons (Fsp3) is 0.381. The highest BCUT2D eigenvalue weighted by molar-refractivity contribution is 5.92. The van der Waals surface area contributed by atoms with E-state index in [1.165, 1.54) is 5.56 Å². The second-order valence-electron chi connectivity index (χ2n) is 5.87. The number of rotatable bonds is 11. The molecule has 0 aliphatic carbocycles. The standard InChI is InChI=1S/C21H28N2O3/c1-3-20(17-9-6-5-7-10-17)22-16-21(24)23-18-11-8-12-19(15-18)26-14-13-25-4-2/h5-12,15,20,22H,3-4,13-14,16H2,1-2H3,(H,23,24). The average molecular weight is 356 g/mol. The van der Waals surface area contributed by atoms with E-state index in [9.17, 15) is 4.79 Å². The van der Waals surface area contributed by atoms with Gasteiger partial charge in [-0.3, -0.25) is 4.79 Å². The monoisotopic (exact) mass is 356 g/mol. The van der Waals surface area contributed by atoms with Gasteiger partial charge in [-0.05, 0) is 31.0 Å². The van der Waals surface area contributed by atoms with Gasteiger partial charge in [-0.15, -0.1) is 0 Å². The third-order valence-electron chi connectivity index (χ3n) is 3.94. The maximum Gasteiger partial charge on any atom is 0.238 e. The van der Waals surface area contributed by atoms with E-state index in [1.54, 1.807) is 0 Å². The number of anilines is 1. The topological polar surface area (TPSA) is 59.6 Å². The predicted molar refractivity (Wildman–Crippen MR) is 105 cm³/mol. The molecule has 140 valence electrons. The van der Waals surface area contributed by atoms with Crippen molar-refractivity contribution in [2.45, 2.75) is 26.3 Å². The molecule has 0 aromatic heterocycles. The quantitative estimate of drug-likeness (QED) is 0.602. The first-order valence-electron chi connectivity index (χ1n) is 9.11. The normalized spacial score (nSPS) is 11.8. The van der Waals surface area contributed by atoms with Crippen LogP contribution in [-0.4, -0.2) is 32.3 Å². The van der Waals surface area contributed by atoms with Crippen molar-refractivity contribution in [3.8, 4) is 5.75 Å². The van der Waals surface area contributed by atoms with Crippen molar-refractivity contribution in [1.82, 2.24) is 5.32 Å². The summed E-state index contributed by atoms with van der Waals surface area (Å²) in [6, 6.07) is 17.7. The summed E-state index contributed by atoms with van der Waals surface area (Å²) in [5.41, 5.74) is 1.91. The minimum Gasteiger partial charge on any atom is -0.491 e. The number of nitrogens with one attached hydrogen (secondary N) is 2. The second kappa shape index (κ2) is 11.3. The van der Waals surface area contributed by atoms with Crippen molar-refractivity contribution in [2.75, 3.05) is 31.7 Å². The Morgan fingerprint density at radius 3 is 2.58 bits per heavy atom. The maximum atomic E-state index is 12.2. The minimum atomic E-state index is -0.0779. The molecule has 0 bridgehead atoms. The molecule has 1 atom stereocenters. The van der Waals surface area contributed by atoms with E-state index in [4.69, 9.17) is 9.47 Å². The molecule has 0 radical (unpaired) electrons. The summed E-state index contributed by atoms with van der Waals surface area (Å²) in [5.74, 6) is 0.636. The number of carbonyl (C=O) groups is 1. The van der Waals surface area contributed by atoms with Crippen molar-refractivity contribution in [1.29, 1.82) is 0 Å². The molecule has 2 rings (SSSR count). The Kier molecular flexibility index (Phi) is 8.66. The molecule has 26 heavy (non-hydrogen) atoms. The van der Waals surface area contributed by atoms with Crippen LogP contribution < -0.4 is 15.4 Å². The van der Waals surface area contributed by atoms with Crippen LogP contribution in [0.3, 0.4) is 0 Å². The maximum absolute atomic E-state index is 12.2. The lowest BCUT2D eigenvalue weighted by atomic mass is 10.0. The molecule has 0 spiro atoms. The first kappa shape index (κ1) is 19.9. The highest BCUT2D eigenvalue weighted by Gasteiger charge is 2.10. The van der Waals surface area contributed by atoms with Crippen LogP contribution in [0.15, 0.2) is 54.6 Å². The van der Waals surface area contributed by atoms with Gasteiger partial charge in [-0.25, -0.2) is 0 Å². The zero-order chi connectivity index (χ0) is 18.6. The SMILES string of the molecule is CCOCCOc1cccc(NC(=O)CNC(CC)c2ccccc2)c1. The molecule has 0 fully saturated rings. The van der Waals surface area contributed by atoms with Crippen LogP contribution in [0.5, 0.6) is 5.75 Å². The van der Waals surface area contributed by atoms with Crippen LogP contribution in [-0.2, 0) is 9.53 Å². The van der Waals surface area contributed by atoms with Gasteiger partial charge in [-0.1, -0.05) is 43.3 Å². The molecule has 2 N–H and O–H groups in total. The zero-order valence-corrected chi connectivity index (χ0v) is 15.5. The summed E-state index contributed by atoms with van der Waals surface area (Å²) < 4.78 is 10.9. The van der Waals surface area contributed by atoms with Gasteiger partial charge >= 0.3 is 0 Å². The van der Waals surface area contributed by atoms with E-state index >= 15 is 0 Å². The number of benzene rings is 2. The smallest absolute Gasteiger partial charge is 0.238 e. The highest BCUT2D eigenvalue weighted by Crippen LogP contribution is 2.18. The second-order valence-corrected chi connectivity index (χ2v) is 5.87. The van der Waals surface area contributed by atoms with Gasteiger partial charge in [-0.2, -0.15) is 0 Å². The van der Waals surface area contributed by atoms with Crippen molar-refractivity contribution < 1.29 is 14.3 Å². The van der Waals surface area contributed by atoms with Gasteiger partial charge in [0, 0.05) is 24.4 Å². The summed E-state index contributed by atoms with van der Waals surface area (Å²) >= 11 is 0. The molecule has 5 nitrogen and oxygen atoms in total. The van der Waals surface area contributed by atoms with Gasteiger partial charge in [0.05, 0.1) is 13.2 Å². The third kappa shape index (κ3) is 6.86. The number of carbonyl (C=O) groups excluding carboxylic acids is 1. The van der Waals surface area contributed by atoms with Crippen LogP contribution in [0.4, 0.5) is 5.69 Å². The van der Waals surface area contributed by atoms with Crippen LogP contribution >= 0.6 is 0 Å². The Labute approximate surface area is 155 Å². The summed E-state index contributed by atoms with van der Waals surface area (Å²) in [6.45, 7) is 6.02. The van der Waals surface area contributed by atoms with E-state index < -0.39 is 0 Å². The van der Waals surface area contributed by atoms with Gasteiger partial charge in [0.1, 0.15) is 12.4 Å². The molecule has 1 unspecified atom stereocenters. The van der Waals surface area contributed by atoms with Gasteiger partial charge in [0.15, 0.2) is 0 Å². The predicted octanol–water partition coefficient (Wildman–Crippen LogP) is 3.78. The lowest BCUT2D eigenvalue weighted by Gasteiger charge is -2.17. The lowest BCUT2D eigenvalue weighted by molar-refractivity contribution is -0.115. The van der Waals surface area contributed by atoms with Crippen molar-refractivity contribution >= 4 is 11.6 Å². The summed E-state index contributed by atoms with van der Waals surface area (Å²) in [7, 11) is 0. The average Bonchev–Trinajstić information content (AvgIpc) is 2.67. The number of ether oxygens (including phenoxy) is 2. The van der Waals surface area contributed by atoms with Crippen molar-refractivity contribution in [3.05, 3.63) is 60.2 Å². The molecule has 0 heterocycles. The summed E-state index contributed by atoms with van der Waals surface area (Å²) in [5, 5.41) is 6.21. The van der Waals surface area contributed by atoms with E-state index in [1.807, 2.05) is 49.4 Å². The van der Waals surface area contributed by atoms with Crippen LogP contribution in [0, 0.1) is 0 Å². The molecule has 0 saturated carbocycles. The Hall–Kier alpha value is -2.37. The van der Waals surface area contributed by atoms with E-state index in [2.05, 4.69) is 29.7 Å². The summed E-state index contributed by atoms with van der Waals surface area (Å²) in [6.07, 6.45) is 0.917. The van der Waals surface area contributed by atoms with E-state index in [0.29, 0.717) is 25.6 Å². The fourth-order valence-electron chi connectivity index (χ4n) is 2.63. The first-order valence-corrected chi connectivity index (χ1v) is 9.11. The van der Waals surface area contributed by atoms with Gasteiger partial charge in [0.25, 0.3) is 0 Å². The van der Waals surface area contributed by atoms with E-state index in [-0.39, 0.29) is 18.5 Å². The molecule has 1 amide bonds. The molecule has 0 aliphatic rings. The minimum absolute atomic E-state index is 0.0779.